The summed E-state index contributed by atoms with van der Waals surface area (Å²) in [5.41, 5.74) is -0.630. The first-order valence-electron chi connectivity index (χ1n) is 4.90. The van der Waals surface area contributed by atoms with Crippen LogP contribution in [0.5, 0.6) is 0 Å². The number of nitrogens with zero attached hydrogens (tertiary/aromatic N) is 3. The lowest BCUT2D eigenvalue weighted by molar-refractivity contribution is -0.00833. The Balaban J connectivity index is 2.08. The first-order chi connectivity index (χ1) is 6.74. The predicted molar refractivity (Wildman–Crippen MR) is 56.2 cm³/mol. The van der Waals surface area contributed by atoms with Crippen molar-refractivity contribution in [2.75, 3.05) is 5.75 Å². The summed E-state index contributed by atoms with van der Waals surface area (Å²) in [6.07, 6.45) is 6.13. The third-order valence-corrected chi connectivity index (χ3v) is 3.49. The lowest BCUT2D eigenvalue weighted by atomic mass is 9.92. The second-order valence-electron chi connectivity index (χ2n) is 3.97. The molecule has 0 aliphatic heterocycles. The minimum absolute atomic E-state index is 0.287. The molecule has 1 aromatic rings. The molecule has 1 fully saturated rings. The van der Waals surface area contributed by atoms with Crippen LogP contribution in [0, 0.1) is 5.92 Å². The topological polar surface area (TPSA) is 50.9 Å². The zero-order chi connectivity index (χ0) is 10.0. The van der Waals surface area contributed by atoms with Gasteiger partial charge in [-0.2, -0.15) is 17.7 Å². The van der Waals surface area contributed by atoms with Gasteiger partial charge in [-0.1, -0.05) is 6.42 Å². The van der Waals surface area contributed by atoms with Crippen molar-refractivity contribution in [3.63, 3.8) is 0 Å². The Labute approximate surface area is 88.8 Å². The van der Waals surface area contributed by atoms with Crippen LogP contribution in [-0.4, -0.2) is 31.2 Å². The van der Waals surface area contributed by atoms with Crippen LogP contribution in [0.3, 0.4) is 0 Å². The normalized spacial score (nSPS) is 32.3. The van der Waals surface area contributed by atoms with Crippen molar-refractivity contribution in [3.05, 3.63) is 12.7 Å². The van der Waals surface area contributed by atoms with Crippen molar-refractivity contribution in [3.8, 4) is 0 Å². The van der Waals surface area contributed by atoms with Gasteiger partial charge in [-0.3, -0.25) is 4.68 Å². The molecule has 0 aromatic carbocycles. The molecule has 78 valence electrons. The molecule has 0 saturated heterocycles. The number of hydrogen-bond acceptors (Lipinski definition) is 4. The number of hydrogen-bond donors (Lipinski definition) is 2. The molecule has 2 atom stereocenters. The van der Waals surface area contributed by atoms with Crippen molar-refractivity contribution in [2.24, 2.45) is 5.92 Å². The van der Waals surface area contributed by atoms with Crippen LogP contribution < -0.4 is 0 Å². The smallest absolute Gasteiger partial charge is 0.137 e. The van der Waals surface area contributed by atoms with Crippen LogP contribution in [-0.2, 0) is 6.54 Å². The summed E-state index contributed by atoms with van der Waals surface area (Å²) in [4.78, 5) is 3.87. The van der Waals surface area contributed by atoms with Crippen molar-refractivity contribution < 1.29 is 5.11 Å². The van der Waals surface area contributed by atoms with E-state index >= 15 is 0 Å². The van der Waals surface area contributed by atoms with E-state index in [1.165, 1.54) is 6.33 Å². The van der Waals surface area contributed by atoms with Crippen LogP contribution >= 0.6 is 12.6 Å². The molecule has 2 rings (SSSR count). The van der Waals surface area contributed by atoms with Crippen LogP contribution in [0.15, 0.2) is 12.7 Å². The van der Waals surface area contributed by atoms with Crippen LogP contribution in [0.4, 0.5) is 0 Å². The molecule has 1 aliphatic carbocycles. The number of thiol groups is 1. The highest BCUT2D eigenvalue weighted by Gasteiger charge is 2.40. The van der Waals surface area contributed by atoms with Gasteiger partial charge in [0.15, 0.2) is 0 Å². The summed E-state index contributed by atoms with van der Waals surface area (Å²) in [5, 5.41) is 14.4. The summed E-state index contributed by atoms with van der Waals surface area (Å²) in [7, 11) is 0. The fourth-order valence-corrected chi connectivity index (χ4v) is 2.71. The maximum absolute atomic E-state index is 10.4. The predicted octanol–water partition coefficient (Wildman–Crippen LogP) is 0.739. The fraction of sp³-hybridized carbons (Fsp3) is 0.778. The molecule has 1 aromatic heterocycles. The molecular formula is C9H15N3OS. The number of aromatic nitrogens is 3. The van der Waals surface area contributed by atoms with E-state index in [0.717, 1.165) is 25.0 Å². The maximum Gasteiger partial charge on any atom is 0.137 e. The largest absolute Gasteiger partial charge is 0.388 e. The third-order valence-electron chi connectivity index (χ3n) is 3.04. The average molecular weight is 213 g/mol. The molecule has 0 amide bonds. The van der Waals surface area contributed by atoms with Gasteiger partial charge in [-0.25, -0.2) is 4.98 Å². The number of rotatable bonds is 3. The van der Waals surface area contributed by atoms with Crippen molar-refractivity contribution in [2.45, 2.75) is 31.4 Å². The van der Waals surface area contributed by atoms with E-state index in [-0.39, 0.29) is 5.92 Å². The van der Waals surface area contributed by atoms with Gasteiger partial charge in [0.25, 0.3) is 0 Å². The Morgan fingerprint density at radius 1 is 1.64 bits per heavy atom. The second-order valence-corrected chi connectivity index (χ2v) is 4.33. The molecule has 1 saturated carbocycles. The highest BCUT2D eigenvalue weighted by Crippen LogP contribution is 2.37. The summed E-state index contributed by atoms with van der Waals surface area (Å²) in [6, 6.07) is 0. The van der Waals surface area contributed by atoms with E-state index in [0.29, 0.717) is 6.54 Å². The van der Waals surface area contributed by atoms with Gasteiger partial charge < -0.3 is 5.11 Å². The Hall–Kier alpha value is -0.550. The number of aliphatic hydroxyl groups is 1. The van der Waals surface area contributed by atoms with E-state index < -0.39 is 5.60 Å². The monoisotopic (exact) mass is 213 g/mol. The van der Waals surface area contributed by atoms with E-state index in [4.69, 9.17) is 0 Å². The molecule has 0 radical (unpaired) electrons. The molecule has 14 heavy (non-hydrogen) atoms. The lowest BCUT2D eigenvalue weighted by Gasteiger charge is -2.28. The minimum atomic E-state index is -0.630. The zero-order valence-electron chi connectivity index (χ0n) is 8.00. The maximum atomic E-state index is 10.4. The fourth-order valence-electron chi connectivity index (χ4n) is 2.19. The van der Waals surface area contributed by atoms with Crippen molar-refractivity contribution in [1.29, 1.82) is 0 Å². The summed E-state index contributed by atoms with van der Waals surface area (Å²) in [5.74, 6) is 1.03. The van der Waals surface area contributed by atoms with Gasteiger partial charge >= 0.3 is 0 Å². The molecule has 0 spiro atoms. The summed E-state index contributed by atoms with van der Waals surface area (Å²) < 4.78 is 1.70. The van der Waals surface area contributed by atoms with Gasteiger partial charge in [0.2, 0.25) is 0 Å². The molecule has 1 N–H and O–H groups in total. The molecule has 1 heterocycles. The highest BCUT2D eigenvalue weighted by molar-refractivity contribution is 7.80. The zero-order valence-corrected chi connectivity index (χ0v) is 8.90. The first-order valence-corrected chi connectivity index (χ1v) is 5.53. The second kappa shape index (κ2) is 3.90. The SMILES string of the molecule is OC1(Cn2cncn2)CCCC1CS. The van der Waals surface area contributed by atoms with Crippen molar-refractivity contribution >= 4 is 12.6 Å². The molecule has 0 bridgehead atoms. The average Bonchev–Trinajstić information content (AvgIpc) is 2.75. The molecule has 2 unspecified atom stereocenters. The summed E-state index contributed by atoms with van der Waals surface area (Å²) >= 11 is 4.28. The van der Waals surface area contributed by atoms with Crippen LogP contribution in [0.25, 0.3) is 0 Å². The van der Waals surface area contributed by atoms with Crippen molar-refractivity contribution in [1.82, 2.24) is 14.8 Å². The standard InChI is InChI=1S/C9H15N3OS/c13-9(3-1-2-8(9)4-14)5-12-7-10-6-11-12/h6-8,13-14H,1-5H2. The van der Waals surface area contributed by atoms with Gasteiger partial charge in [0.1, 0.15) is 12.7 Å². The highest BCUT2D eigenvalue weighted by atomic mass is 32.1. The Morgan fingerprint density at radius 2 is 2.50 bits per heavy atom. The van der Waals surface area contributed by atoms with Gasteiger partial charge in [-0.05, 0) is 24.5 Å². The third kappa shape index (κ3) is 1.79. The quantitative estimate of drug-likeness (QED) is 0.728. The molecule has 4 nitrogen and oxygen atoms in total. The molecule has 5 heteroatoms. The van der Waals surface area contributed by atoms with Crippen LogP contribution in [0.2, 0.25) is 0 Å². The summed E-state index contributed by atoms with van der Waals surface area (Å²) in [6.45, 7) is 0.540. The van der Waals surface area contributed by atoms with E-state index in [1.54, 1.807) is 11.0 Å². The van der Waals surface area contributed by atoms with E-state index in [9.17, 15) is 5.11 Å². The van der Waals surface area contributed by atoms with Gasteiger partial charge in [0, 0.05) is 0 Å². The molecular weight excluding hydrogens is 198 g/mol. The van der Waals surface area contributed by atoms with E-state index in [2.05, 4.69) is 22.7 Å². The Kier molecular flexibility index (Phi) is 2.78. The van der Waals surface area contributed by atoms with Crippen LogP contribution in [0.1, 0.15) is 19.3 Å². The Morgan fingerprint density at radius 3 is 3.14 bits per heavy atom. The lowest BCUT2D eigenvalue weighted by Crippen LogP contribution is -2.39. The minimum Gasteiger partial charge on any atom is -0.388 e. The van der Waals surface area contributed by atoms with Gasteiger partial charge in [-0.15, -0.1) is 0 Å². The molecule has 1 aliphatic rings. The first kappa shape index (κ1) is 9.98. The van der Waals surface area contributed by atoms with Gasteiger partial charge in [0.05, 0.1) is 12.1 Å². The Bertz CT molecular complexity index is 290. The van der Waals surface area contributed by atoms with E-state index in [1.807, 2.05) is 0 Å².